The van der Waals surface area contributed by atoms with Crippen molar-refractivity contribution in [2.45, 2.75) is 191 Å². The molecule has 310 valence electrons. The molecule has 1 aliphatic rings. The molecule has 8 atom stereocenters. The largest absolute Gasteiger partial charge is 0.397 e. The second kappa shape index (κ2) is 30.5. The maximum Gasteiger partial charge on any atom is 0.397 e. The van der Waals surface area contributed by atoms with Crippen molar-refractivity contribution in [1.29, 1.82) is 0 Å². The molecule has 0 aromatic carbocycles. The second-order valence-electron chi connectivity index (χ2n) is 14.0. The van der Waals surface area contributed by atoms with Crippen LogP contribution in [0, 0.1) is 0 Å². The number of nitrogens with one attached hydrogen (secondary N) is 1. The summed E-state index contributed by atoms with van der Waals surface area (Å²) in [5, 5.41) is 54.4. The molecular formula is C39H71NO12S. The zero-order chi connectivity index (χ0) is 39.3. The molecule has 1 rings (SSSR count). The molecule has 8 unspecified atom stereocenters. The first-order chi connectivity index (χ1) is 25.4. The summed E-state index contributed by atoms with van der Waals surface area (Å²) in [6.45, 7) is 2.90. The Kier molecular flexibility index (Phi) is 28.4. The standard InChI is InChI=1S/C39H71NO12S/c1-3-5-7-9-10-11-12-13-14-15-16-17-18-19-20-21-22-23-24-26-28-33(43)38(46)40-31(32(42)27-25-8-6-4-2)30-50-39-36(45)37(52-53(47,48)49)35(44)34(29-41)51-39/h5,7,10-11,25,27,31-37,39,41-45H,3-4,6,8-9,12-24,26,28-30H2,1-2H3,(H,40,46)(H,47,48,49)/b7-5-,11-10-,27-25+. The van der Waals surface area contributed by atoms with Crippen LogP contribution in [0.5, 0.6) is 0 Å². The van der Waals surface area contributed by atoms with E-state index in [0.717, 1.165) is 44.9 Å². The fourth-order valence-electron chi connectivity index (χ4n) is 6.07. The summed E-state index contributed by atoms with van der Waals surface area (Å²) < 4.78 is 47.0. The highest BCUT2D eigenvalue weighted by molar-refractivity contribution is 7.80. The third-order valence-corrected chi connectivity index (χ3v) is 9.75. The molecule has 14 heteroatoms. The molecule has 1 heterocycles. The zero-order valence-corrected chi connectivity index (χ0v) is 33.0. The minimum Gasteiger partial charge on any atom is -0.394 e. The lowest BCUT2D eigenvalue weighted by Crippen LogP contribution is -2.61. The number of hydrogen-bond donors (Lipinski definition) is 7. The fourth-order valence-corrected chi connectivity index (χ4v) is 6.58. The van der Waals surface area contributed by atoms with E-state index in [1.54, 1.807) is 6.08 Å². The van der Waals surface area contributed by atoms with Crippen LogP contribution >= 0.6 is 0 Å². The predicted octanol–water partition coefficient (Wildman–Crippen LogP) is 5.35. The van der Waals surface area contributed by atoms with Gasteiger partial charge in [-0.05, 0) is 38.5 Å². The smallest absolute Gasteiger partial charge is 0.394 e. The van der Waals surface area contributed by atoms with Crippen LogP contribution < -0.4 is 5.32 Å². The van der Waals surface area contributed by atoms with Crippen LogP contribution in [-0.2, 0) is 28.9 Å². The topological polar surface area (TPSA) is 212 Å². The van der Waals surface area contributed by atoms with E-state index in [1.807, 2.05) is 6.92 Å². The first-order valence-electron chi connectivity index (χ1n) is 20.0. The van der Waals surface area contributed by atoms with Crippen LogP contribution in [0.25, 0.3) is 0 Å². The van der Waals surface area contributed by atoms with Crippen LogP contribution in [0.2, 0.25) is 0 Å². The molecule has 1 aliphatic heterocycles. The third kappa shape index (κ3) is 23.7. The summed E-state index contributed by atoms with van der Waals surface area (Å²) in [7, 11) is -5.11. The van der Waals surface area contributed by atoms with E-state index in [2.05, 4.69) is 40.7 Å². The number of carbonyl (C=O) groups excluding carboxylic acids is 1. The van der Waals surface area contributed by atoms with E-state index in [4.69, 9.17) is 14.0 Å². The van der Waals surface area contributed by atoms with Gasteiger partial charge in [-0.3, -0.25) is 9.35 Å². The molecule has 1 amide bonds. The molecule has 0 aromatic heterocycles. The summed E-state index contributed by atoms with van der Waals surface area (Å²) >= 11 is 0. The molecule has 53 heavy (non-hydrogen) atoms. The van der Waals surface area contributed by atoms with E-state index < -0.39 is 78.5 Å². The van der Waals surface area contributed by atoms with Crippen LogP contribution in [0.1, 0.15) is 142 Å². The van der Waals surface area contributed by atoms with Crippen molar-refractivity contribution in [3.8, 4) is 0 Å². The lowest BCUT2D eigenvalue weighted by Gasteiger charge is -2.41. The van der Waals surface area contributed by atoms with Crippen molar-refractivity contribution in [3.63, 3.8) is 0 Å². The van der Waals surface area contributed by atoms with Gasteiger partial charge in [0, 0.05) is 0 Å². The summed E-state index contributed by atoms with van der Waals surface area (Å²) in [5.74, 6) is -0.715. The number of rotatable bonds is 32. The average Bonchev–Trinajstić information content (AvgIpc) is 3.12. The highest BCUT2D eigenvalue weighted by Gasteiger charge is 2.48. The lowest BCUT2D eigenvalue weighted by molar-refractivity contribution is -0.298. The number of allylic oxidation sites excluding steroid dienone is 5. The van der Waals surface area contributed by atoms with Crippen molar-refractivity contribution >= 4 is 16.3 Å². The van der Waals surface area contributed by atoms with Crippen molar-refractivity contribution in [1.82, 2.24) is 5.32 Å². The van der Waals surface area contributed by atoms with Gasteiger partial charge in [0.05, 0.1) is 25.4 Å². The predicted molar refractivity (Wildman–Crippen MR) is 205 cm³/mol. The molecule has 0 radical (unpaired) electrons. The Morgan fingerprint density at radius 2 is 1.36 bits per heavy atom. The van der Waals surface area contributed by atoms with Crippen molar-refractivity contribution in [2.24, 2.45) is 0 Å². The number of hydrogen-bond acceptors (Lipinski definition) is 11. The summed E-state index contributed by atoms with van der Waals surface area (Å²) in [4.78, 5) is 12.9. The van der Waals surface area contributed by atoms with Gasteiger partial charge in [-0.25, -0.2) is 4.18 Å². The normalized spacial score (nSPS) is 22.9. The van der Waals surface area contributed by atoms with E-state index in [9.17, 15) is 38.7 Å². The highest BCUT2D eigenvalue weighted by atomic mass is 32.3. The molecular weight excluding hydrogens is 706 g/mol. The number of ether oxygens (including phenoxy) is 2. The molecule has 7 N–H and O–H groups in total. The first kappa shape index (κ1) is 49.3. The first-order valence-corrected chi connectivity index (χ1v) is 21.3. The second-order valence-corrected chi connectivity index (χ2v) is 15.0. The third-order valence-electron chi connectivity index (χ3n) is 9.28. The number of aliphatic hydroxyl groups is 5. The average molecular weight is 778 g/mol. The van der Waals surface area contributed by atoms with E-state index in [1.165, 1.54) is 70.3 Å². The molecule has 0 aromatic rings. The zero-order valence-electron chi connectivity index (χ0n) is 32.2. The molecule has 1 fully saturated rings. The number of unbranched alkanes of at least 4 members (excludes halogenated alkanes) is 15. The van der Waals surface area contributed by atoms with Gasteiger partial charge in [-0.2, -0.15) is 8.42 Å². The Labute approximate surface area is 318 Å². The van der Waals surface area contributed by atoms with Gasteiger partial charge in [0.15, 0.2) is 6.29 Å². The van der Waals surface area contributed by atoms with Gasteiger partial charge in [0.2, 0.25) is 5.91 Å². The number of aliphatic hydroxyl groups excluding tert-OH is 5. The number of carbonyl (C=O) groups is 1. The van der Waals surface area contributed by atoms with Crippen LogP contribution in [0.4, 0.5) is 0 Å². The molecule has 0 saturated carbocycles. The molecule has 1 saturated heterocycles. The molecule has 0 aliphatic carbocycles. The lowest BCUT2D eigenvalue weighted by atomic mass is 9.99. The Bertz CT molecular complexity index is 1120. The van der Waals surface area contributed by atoms with Gasteiger partial charge in [-0.1, -0.05) is 140 Å². The number of amides is 1. The van der Waals surface area contributed by atoms with Crippen molar-refractivity contribution in [2.75, 3.05) is 13.2 Å². The highest BCUT2D eigenvalue weighted by Crippen LogP contribution is 2.26. The quantitative estimate of drug-likeness (QED) is 0.0262. The monoisotopic (exact) mass is 777 g/mol. The Morgan fingerprint density at radius 1 is 0.792 bits per heavy atom. The molecule has 0 spiro atoms. The van der Waals surface area contributed by atoms with Crippen molar-refractivity contribution in [3.05, 3.63) is 36.5 Å². The van der Waals surface area contributed by atoms with Gasteiger partial charge in [0.25, 0.3) is 0 Å². The Hall–Kier alpha value is -1.72. The Morgan fingerprint density at radius 3 is 1.92 bits per heavy atom. The van der Waals surface area contributed by atoms with Crippen LogP contribution in [-0.4, -0.2) is 107 Å². The van der Waals surface area contributed by atoms with Crippen molar-refractivity contribution < 1.29 is 57.0 Å². The van der Waals surface area contributed by atoms with Gasteiger partial charge in [-0.15, -0.1) is 0 Å². The van der Waals surface area contributed by atoms with Crippen LogP contribution in [0.3, 0.4) is 0 Å². The van der Waals surface area contributed by atoms with Gasteiger partial charge < -0.3 is 40.3 Å². The SMILES string of the molecule is CC/C=C\C/C=C\CCCCCCCCCCCCCCCC(O)C(=O)NC(COC1OC(CO)C(O)C(OS(=O)(=O)O)C1O)C(O)/C=C/CCCC. The minimum atomic E-state index is -5.11. The van der Waals surface area contributed by atoms with Gasteiger partial charge in [0.1, 0.15) is 30.5 Å². The summed E-state index contributed by atoms with van der Waals surface area (Å²) in [6.07, 6.45) is 22.0. The maximum atomic E-state index is 12.9. The minimum absolute atomic E-state index is 0.240. The van der Waals surface area contributed by atoms with Crippen LogP contribution in [0.15, 0.2) is 36.5 Å². The van der Waals surface area contributed by atoms with E-state index in [-0.39, 0.29) is 6.42 Å². The van der Waals surface area contributed by atoms with E-state index >= 15 is 0 Å². The molecule has 13 nitrogen and oxygen atoms in total. The van der Waals surface area contributed by atoms with E-state index in [0.29, 0.717) is 12.8 Å². The summed E-state index contributed by atoms with van der Waals surface area (Å²) in [6, 6.07) is -1.11. The summed E-state index contributed by atoms with van der Waals surface area (Å²) in [5.41, 5.74) is 0. The molecule has 0 bridgehead atoms. The van der Waals surface area contributed by atoms with Gasteiger partial charge >= 0.3 is 10.4 Å². The Balaban J connectivity index is 2.40. The maximum absolute atomic E-state index is 12.9. The fraction of sp³-hybridized carbons (Fsp3) is 0.821.